The molecule has 3 nitrogen and oxygen atoms in total. The van der Waals surface area contributed by atoms with E-state index < -0.39 is 5.41 Å². The highest BCUT2D eigenvalue weighted by atomic mass is 16.5. The molecule has 0 saturated carbocycles. The predicted octanol–water partition coefficient (Wildman–Crippen LogP) is 11.6. The fourth-order valence-corrected chi connectivity index (χ4v) is 8.05. The van der Waals surface area contributed by atoms with Crippen LogP contribution in [0.3, 0.4) is 0 Å². The van der Waals surface area contributed by atoms with Crippen molar-refractivity contribution in [1.82, 2.24) is 9.97 Å². The van der Waals surface area contributed by atoms with Crippen molar-refractivity contribution < 1.29 is 4.74 Å². The Balaban J connectivity index is 1.25. The van der Waals surface area contributed by atoms with Crippen LogP contribution in [0.15, 0.2) is 182 Å². The molecule has 0 N–H and O–H groups in total. The van der Waals surface area contributed by atoms with Crippen LogP contribution >= 0.6 is 0 Å². The molecule has 2 aliphatic rings. The van der Waals surface area contributed by atoms with E-state index in [2.05, 4.69) is 158 Å². The lowest BCUT2D eigenvalue weighted by Gasteiger charge is -2.39. The van der Waals surface area contributed by atoms with Gasteiger partial charge in [0.15, 0.2) is 5.82 Å². The average Bonchev–Trinajstić information content (AvgIpc) is 3.49. The maximum absolute atomic E-state index is 6.56. The van der Waals surface area contributed by atoms with Gasteiger partial charge in [-0.2, -0.15) is 0 Å². The molecule has 1 aliphatic heterocycles. The van der Waals surface area contributed by atoms with Gasteiger partial charge in [-0.25, -0.2) is 9.97 Å². The Hall–Kier alpha value is -6.58. The first-order chi connectivity index (χ1) is 24.8. The Morgan fingerprint density at radius 3 is 1.62 bits per heavy atom. The highest BCUT2D eigenvalue weighted by molar-refractivity contribution is 5.96. The number of para-hydroxylation sites is 2. The van der Waals surface area contributed by atoms with Crippen molar-refractivity contribution in [2.75, 3.05) is 0 Å². The first-order valence-corrected chi connectivity index (χ1v) is 17.0. The van der Waals surface area contributed by atoms with Crippen LogP contribution in [-0.4, -0.2) is 9.97 Å². The summed E-state index contributed by atoms with van der Waals surface area (Å²) in [6, 6.07) is 64.1. The van der Waals surface area contributed by atoms with Crippen molar-refractivity contribution in [3.05, 3.63) is 204 Å². The van der Waals surface area contributed by atoms with Gasteiger partial charge in [-0.15, -0.1) is 0 Å². The normalized spacial score (nSPS) is 13.1. The van der Waals surface area contributed by atoms with Crippen LogP contribution in [0, 0.1) is 0 Å². The van der Waals surface area contributed by atoms with Crippen molar-refractivity contribution in [1.29, 1.82) is 0 Å². The minimum Gasteiger partial charge on any atom is -0.457 e. The van der Waals surface area contributed by atoms with Gasteiger partial charge in [0.05, 0.1) is 16.8 Å². The van der Waals surface area contributed by atoms with Gasteiger partial charge in [0, 0.05) is 27.8 Å². The SMILES string of the molecule is c1ccc(-c2cccc(-c3cc(-c4cccc5c4-c4ccccc4C54c5ccccc5Oc5ccccc54)nc(-c4ccccc4)n3)c2)cc1. The fourth-order valence-electron chi connectivity index (χ4n) is 8.05. The molecule has 0 fully saturated rings. The van der Waals surface area contributed by atoms with Crippen LogP contribution in [-0.2, 0) is 5.41 Å². The zero-order chi connectivity index (χ0) is 33.1. The minimum absolute atomic E-state index is 0.546. The third kappa shape index (κ3) is 4.23. The van der Waals surface area contributed by atoms with E-state index in [1.807, 2.05) is 24.3 Å². The molecule has 7 aromatic carbocycles. The Morgan fingerprint density at radius 2 is 0.880 bits per heavy atom. The van der Waals surface area contributed by atoms with Crippen LogP contribution in [0.1, 0.15) is 22.3 Å². The second-order valence-corrected chi connectivity index (χ2v) is 12.9. The van der Waals surface area contributed by atoms with E-state index in [0.29, 0.717) is 5.82 Å². The highest BCUT2D eigenvalue weighted by Gasteiger charge is 2.51. The molecule has 0 bridgehead atoms. The molecule has 0 atom stereocenters. The van der Waals surface area contributed by atoms with E-state index in [1.165, 1.54) is 27.8 Å². The molecule has 1 aromatic heterocycles. The lowest BCUT2D eigenvalue weighted by Crippen LogP contribution is -2.32. The summed E-state index contributed by atoms with van der Waals surface area (Å²) in [4.78, 5) is 10.5. The van der Waals surface area contributed by atoms with Gasteiger partial charge in [0.2, 0.25) is 0 Å². The lowest BCUT2D eigenvalue weighted by molar-refractivity contribution is 0.436. The van der Waals surface area contributed by atoms with E-state index in [1.54, 1.807) is 0 Å². The zero-order valence-corrected chi connectivity index (χ0v) is 27.1. The maximum atomic E-state index is 6.56. The number of hydrogen-bond donors (Lipinski definition) is 0. The molecule has 1 spiro atoms. The molecule has 2 heterocycles. The Morgan fingerprint density at radius 1 is 0.360 bits per heavy atom. The first kappa shape index (κ1) is 28.4. The molecule has 0 saturated heterocycles. The van der Waals surface area contributed by atoms with Crippen LogP contribution in [0.5, 0.6) is 11.5 Å². The van der Waals surface area contributed by atoms with Gasteiger partial charge < -0.3 is 4.74 Å². The minimum atomic E-state index is -0.546. The van der Waals surface area contributed by atoms with E-state index in [-0.39, 0.29) is 0 Å². The van der Waals surface area contributed by atoms with Gasteiger partial charge >= 0.3 is 0 Å². The number of aromatic nitrogens is 2. The van der Waals surface area contributed by atoms with Crippen LogP contribution in [0.4, 0.5) is 0 Å². The van der Waals surface area contributed by atoms with Crippen molar-refractivity contribution in [2.24, 2.45) is 0 Å². The van der Waals surface area contributed by atoms with Gasteiger partial charge in [0.25, 0.3) is 0 Å². The summed E-state index contributed by atoms with van der Waals surface area (Å²) in [6.07, 6.45) is 0. The van der Waals surface area contributed by atoms with Gasteiger partial charge in [0.1, 0.15) is 11.5 Å². The van der Waals surface area contributed by atoms with Crippen molar-refractivity contribution in [3.8, 4) is 67.7 Å². The number of benzene rings is 7. The molecule has 10 rings (SSSR count). The predicted molar refractivity (Wildman–Crippen MR) is 201 cm³/mol. The molecule has 0 amide bonds. The van der Waals surface area contributed by atoms with Crippen molar-refractivity contribution in [2.45, 2.75) is 5.41 Å². The third-order valence-electron chi connectivity index (χ3n) is 10.2. The summed E-state index contributed by atoms with van der Waals surface area (Å²) in [7, 11) is 0. The highest BCUT2D eigenvalue weighted by Crippen LogP contribution is 2.63. The largest absolute Gasteiger partial charge is 0.457 e. The summed E-state index contributed by atoms with van der Waals surface area (Å²) < 4.78 is 6.56. The standard InChI is InChI=1S/C47H30N2O/c1-3-15-31(16-4-1)33-19-13-20-34(29-33)41-30-42(49-46(48-41)32-17-5-2-6-18-32)36-22-14-26-40-45(36)35-21-7-8-23-37(35)47(40)38-24-9-11-27-43(38)50-44-28-12-10-25-39(44)47/h1-30H. The number of ether oxygens (including phenoxy) is 1. The quantitative estimate of drug-likeness (QED) is 0.192. The summed E-state index contributed by atoms with van der Waals surface area (Å²) in [5.41, 5.74) is 13.8. The zero-order valence-electron chi connectivity index (χ0n) is 27.1. The number of nitrogens with zero attached hydrogens (tertiary/aromatic N) is 2. The third-order valence-corrected chi connectivity index (χ3v) is 10.2. The van der Waals surface area contributed by atoms with Crippen molar-refractivity contribution in [3.63, 3.8) is 0 Å². The van der Waals surface area contributed by atoms with Crippen molar-refractivity contribution >= 4 is 0 Å². The Bertz CT molecular complexity index is 2530. The number of hydrogen-bond acceptors (Lipinski definition) is 3. The summed E-state index contributed by atoms with van der Waals surface area (Å²) in [5.74, 6) is 2.46. The molecule has 0 unspecified atom stereocenters. The number of rotatable bonds is 4. The molecular formula is C47H30N2O. The van der Waals surface area contributed by atoms with Crippen LogP contribution in [0.2, 0.25) is 0 Å². The summed E-state index contributed by atoms with van der Waals surface area (Å²) in [5, 5.41) is 0. The smallest absolute Gasteiger partial charge is 0.160 e. The molecule has 234 valence electrons. The molecule has 8 aromatic rings. The second-order valence-electron chi connectivity index (χ2n) is 12.9. The van der Waals surface area contributed by atoms with Gasteiger partial charge in [-0.3, -0.25) is 0 Å². The lowest BCUT2D eigenvalue weighted by atomic mass is 9.66. The maximum Gasteiger partial charge on any atom is 0.160 e. The second kappa shape index (κ2) is 11.3. The first-order valence-electron chi connectivity index (χ1n) is 17.0. The fraction of sp³-hybridized carbons (Fsp3) is 0.0213. The molecule has 1 aliphatic carbocycles. The number of fused-ring (bicyclic) bond motifs is 9. The van der Waals surface area contributed by atoms with E-state index in [9.17, 15) is 0 Å². The Labute approximate surface area is 291 Å². The van der Waals surface area contributed by atoms with E-state index in [0.717, 1.165) is 56.3 Å². The molecule has 3 heteroatoms. The van der Waals surface area contributed by atoms with Crippen LogP contribution < -0.4 is 4.74 Å². The van der Waals surface area contributed by atoms with E-state index in [4.69, 9.17) is 14.7 Å². The average molecular weight is 639 g/mol. The molecular weight excluding hydrogens is 609 g/mol. The van der Waals surface area contributed by atoms with Crippen LogP contribution in [0.25, 0.3) is 56.2 Å². The summed E-state index contributed by atoms with van der Waals surface area (Å²) in [6.45, 7) is 0. The Kier molecular flexibility index (Phi) is 6.40. The van der Waals surface area contributed by atoms with E-state index >= 15 is 0 Å². The topological polar surface area (TPSA) is 35.0 Å². The molecule has 0 radical (unpaired) electrons. The van der Waals surface area contributed by atoms with Gasteiger partial charge in [-0.1, -0.05) is 158 Å². The summed E-state index contributed by atoms with van der Waals surface area (Å²) >= 11 is 0. The van der Waals surface area contributed by atoms with Gasteiger partial charge in [-0.05, 0) is 57.6 Å². The molecule has 50 heavy (non-hydrogen) atoms. The monoisotopic (exact) mass is 638 g/mol.